The number of hydrogen-bond acceptors (Lipinski definition) is 5. The van der Waals surface area contributed by atoms with Crippen molar-refractivity contribution in [3.8, 4) is 18.1 Å². The molecule has 0 saturated carbocycles. The minimum absolute atomic E-state index is 0.0625. The van der Waals surface area contributed by atoms with Crippen molar-refractivity contribution in [1.82, 2.24) is 0 Å². The molecule has 5 heteroatoms. The third-order valence-corrected chi connectivity index (χ3v) is 4.55. The van der Waals surface area contributed by atoms with Crippen molar-refractivity contribution in [2.24, 2.45) is 0 Å². The minimum atomic E-state index is -0.462. The zero-order valence-electron chi connectivity index (χ0n) is 16.0. The molecule has 0 N–H and O–H groups in total. The molecule has 2 rings (SSSR count). The van der Waals surface area contributed by atoms with E-state index < -0.39 is 6.29 Å². The molecule has 0 amide bonds. The number of methoxy groups -OCH3 is 2. The average molecular weight is 362 g/mol. The van der Waals surface area contributed by atoms with Crippen LogP contribution in [0.3, 0.4) is 0 Å². The largest absolute Gasteiger partial charge is 0.497 e. The van der Waals surface area contributed by atoms with E-state index in [0.717, 1.165) is 30.6 Å². The summed E-state index contributed by atoms with van der Waals surface area (Å²) in [6, 6.07) is 7.83. The van der Waals surface area contributed by atoms with Gasteiger partial charge in [-0.3, -0.25) is 0 Å². The fourth-order valence-electron chi connectivity index (χ4n) is 3.15. The van der Waals surface area contributed by atoms with Crippen LogP contribution in [-0.4, -0.2) is 45.4 Å². The van der Waals surface area contributed by atoms with Gasteiger partial charge >= 0.3 is 0 Å². The summed E-state index contributed by atoms with van der Waals surface area (Å²) in [5.41, 5.74) is 1.06. The van der Waals surface area contributed by atoms with Crippen molar-refractivity contribution in [3.63, 3.8) is 0 Å². The topological polar surface area (TPSA) is 46.2 Å². The summed E-state index contributed by atoms with van der Waals surface area (Å²) in [4.78, 5) is 0. The van der Waals surface area contributed by atoms with Gasteiger partial charge in [-0.15, -0.1) is 6.42 Å². The summed E-state index contributed by atoms with van der Waals surface area (Å²) < 4.78 is 28.7. The molecule has 1 saturated heterocycles. The first-order chi connectivity index (χ1) is 12.7. The van der Waals surface area contributed by atoms with E-state index >= 15 is 0 Å². The zero-order chi connectivity index (χ0) is 18.8. The maximum absolute atomic E-state index is 6.21. The Labute approximate surface area is 156 Å². The van der Waals surface area contributed by atoms with Crippen LogP contribution in [0.1, 0.15) is 38.2 Å². The van der Waals surface area contributed by atoms with E-state index in [2.05, 4.69) is 12.8 Å². The normalized spacial score (nSPS) is 25.2. The Bertz CT molecular complexity index is 551. The second-order valence-electron chi connectivity index (χ2n) is 6.38. The summed E-state index contributed by atoms with van der Waals surface area (Å²) in [6.45, 7) is 2.86. The Kier molecular flexibility index (Phi) is 8.93. The molecule has 0 aromatic heterocycles. The molecule has 1 aliphatic rings. The highest BCUT2D eigenvalue weighted by atomic mass is 16.7. The van der Waals surface area contributed by atoms with Crippen LogP contribution >= 0.6 is 0 Å². The standard InChI is InChI=1S/C21H30O5/c1-5-7-8-9-18-19(20(24-14-6-2)21(23-4)26-18)25-15-16-10-12-17(22-3)13-11-16/h2,10-13,18-21H,5,7-9,14-15H2,1,3-4H3/t18-,19-,20+,21+/m0/s1. The lowest BCUT2D eigenvalue weighted by Crippen LogP contribution is -2.38. The van der Waals surface area contributed by atoms with Gasteiger partial charge in [0.25, 0.3) is 0 Å². The molecule has 1 aromatic rings. The molecule has 1 fully saturated rings. The number of hydrogen-bond donors (Lipinski definition) is 0. The Morgan fingerprint density at radius 1 is 1.08 bits per heavy atom. The second-order valence-corrected chi connectivity index (χ2v) is 6.38. The number of benzene rings is 1. The molecule has 1 heterocycles. The summed E-state index contributed by atoms with van der Waals surface area (Å²) in [5.74, 6) is 3.33. The first kappa shape index (κ1) is 20.7. The number of ether oxygens (including phenoxy) is 5. The second kappa shape index (κ2) is 11.2. The molecule has 1 aromatic carbocycles. The predicted molar refractivity (Wildman–Crippen MR) is 100.0 cm³/mol. The third kappa shape index (κ3) is 5.72. The van der Waals surface area contributed by atoms with Crippen molar-refractivity contribution in [2.45, 2.75) is 63.8 Å². The summed E-state index contributed by atoms with van der Waals surface area (Å²) in [6.07, 6.45) is 8.61. The van der Waals surface area contributed by atoms with Crippen LogP contribution in [0.25, 0.3) is 0 Å². The van der Waals surface area contributed by atoms with Gasteiger partial charge in [0.15, 0.2) is 6.29 Å². The lowest BCUT2D eigenvalue weighted by Gasteiger charge is -2.24. The Hall–Kier alpha value is -1.58. The van der Waals surface area contributed by atoms with Gasteiger partial charge in [-0.05, 0) is 24.1 Å². The van der Waals surface area contributed by atoms with Gasteiger partial charge in [-0.2, -0.15) is 0 Å². The van der Waals surface area contributed by atoms with Crippen LogP contribution in [-0.2, 0) is 25.6 Å². The fraction of sp³-hybridized carbons (Fsp3) is 0.619. The summed E-state index contributed by atoms with van der Waals surface area (Å²) in [5, 5.41) is 0. The SMILES string of the molecule is C#CCO[C@H]1[C@H](OC)O[C@@H](CCCCC)[C@@H]1OCc1ccc(OC)cc1. The van der Waals surface area contributed by atoms with E-state index in [4.69, 9.17) is 30.1 Å². The maximum Gasteiger partial charge on any atom is 0.186 e. The quantitative estimate of drug-likeness (QED) is 0.445. The highest BCUT2D eigenvalue weighted by Crippen LogP contribution is 2.31. The van der Waals surface area contributed by atoms with Crippen LogP contribution in [0.4, 0.5) is 0 Å². The van der Waals surface area contributed by atoms with E-state index in [0.29, 0.717) is 6.61 Å². The highest BCUT2D eigenvalue weighted by Gasteiger charge is 2.46. The van der Waals surface area contributed by atoms with E-state index in [-0.39, 0.29) is 24.9 Å². The van der Waals surface area contributed by atoms with E-state index in [1.807, 2.05) is 24.3 Å². The molecule has 1 aliphatic heterocycles. The van der Waals surface area contributed by atoms with Crippen molar-refractivity contribution < 1.29 is 23.7 Å². The van der Waals surface area contributed by atoms with Crippen molar-refractivity contribution in [2.75, 3.05) is 20.8 Å². The lowest BCUT2D eigenvalue weighted by molar-refractivity contribution is -0.160. The van der Waals surface area contributed by atoms with Crippen LogP contribution in [0.2, 0.25) is 0 Å². The Morgan fingerprint density at radius 3 is 2.46 bits per heavy atom. The first-order valence-corrected chi connectivity index (χ1v) is 9.21. The fourth-order valence-corrected chi connectivity index (χ4v) is 3.15. The molecule has 144 valence electrons. The zero-order valence-corrected chi connectivity index (χ0v) is 16.0. The molecule has 0 aliphatic carbocycles. The van der Waals surface area contributed by atoms with Gasteiger partial charge in [0, 0.05) is 7.11 Å². The molecule has 0 bridgehead atoms. The molecule has 0 unspecified atom stereocenters. The molecular weight excluding hydrogens is 332 g/mol. The van der Waals surface area contributed by atoms with Gasteiger partial charge < -0.3 is 23.7 Å². The lowest BCUT2D eigenvalue weighted by atomic mass is 10.0. The molecular formula is C21H30O5. The Balaban J connectivity index is 2.03. The summed E-state index contributed by atoms with van der Waals surface area (Å²) >= 11 is 0. The van der Waals surface area contributed by atoms with Gasteiger partial charge in [0.1, 0.15) is 24.6 Å². The van der Waals surface area contributed by atoms with Gasteiger partial charge in [0.2, 0.25) is 0 Å². The van der Waals surface area contributed by atoms with Crippen LogP contribution in [0.5, 0.6) is 5.75 Å². The molecule has 26 heavy (non-hydrogen) atoms. The van der Waals surface area contributed by atoms with Crippen molar-refractivity contribution in [1.29, 1.82) is 0 Å². The predicted octanol–water partition coefficient (Wildman–Crippen LogP) is 3.55. The highest BCUT2D eigenvalue weighted by molar-refractivity contribution is 5.26. The molecule has 0 spiro atoms. The minimum Gasteiger partial charge on any atom is -0.497 e. The van der Waals surface area contributed by atoms with Crippen molar-refractivity contribution in [3.05, 3.63) is 29.8 Å². The molecule has 5 nitrogen and oxygen atoms in total. The average Bonchev–Trinajstić information content (AvgIpc) is 3.01. The third-order valence-electron chi connectivity index (χ3n) is 4.55. The van der Waals surface area contributed by atoms with E-state index in [1.54, 1.807) is 14.2 Å². The van der Waals surface area contributed by atoms with Crippen molar-refractivity contribution >= 4 is 0 Å². The molecule has 0 radical (unpaired) electrons. The smallest absolute Gasteiger partial charge is 0.186 e. The van der Waals surface area contributed by atoms with Gasteiger partial charge in [-0.1, -0.05) is 44.2 Å². The maximum atomic E-state index is 6.21. The number of rotatable bonds is 11. The van der Waals surface area contributed by atoms with Crippen LogP contribution in [0, 0.1) is 12.3 Å². The number of unbranched alkanes of at least 4 members (excludes halogenated alkanes) is 2. The van der Waals surface area contributed by atoms with E-state index in [1.165, 1.54) is 6.42 Å². The Morgan fingerprint density at radius 2 is 1.85 bits per heavy atom. The summed E-state index contributed by atoms with van der Waals surface area (Å²) in [7, 11) is 3.27. The molecule has 4 atom stereocenters. The number of terminal acetylenes is 1. The monoisotopic (exact) mass is 362 g/mol. The first-order valence-electron chi connectivity index (χ1n) is 9.21. The van der Waals surface area contributed by atoms with E-state index in [9.17, 15) is 0 Å². The van der Waals surface area contributed by atoms with Gasteiger partial charge in [-0.25, -0.2) is 0 Å². The van der Waals surface area contributed by atoms with Gasteiger partial charge in [0.05, 0.1) is 19.8 Å². The van der Waals surface area contributed by atoms with Crippen LogP contribution in [0.15, 0.2) is 24.3 Å². The van der Waals surface area contributed by atoms with Crippen LogP contribution < -0.4 is 4.74 Å².